The third-order valence-corrected chi connectivity index (χ3v) is 3.76. The molecule has 2 nitrogen and oxygen atoms in total. The molecule has 0 fully saturated rings. The van der Waals surface area contributed by atoms with E-state index >= 15 is 0 Å². The van der Waals surface area contributed by atoms with Crippen LogP contribution in [-0.2, 0) is 10.2 Å². The van der Waals surface area contributed by atoms with Gasteiger partial charge in [0.15, 0.2) is 0 Å². The van der Waals surface area contributed by atoms with Crippen molar-refractivity contribution >= 4 is 29.2 Å². The number of rotatable bonds is 3. The number of carboxylic acids is 1. The molecule has 0 aliphatic rings. The number of benzene rings is 2. The Morgan fingerprint density at radius 3 is 1.45 bits per heavy atom. The molecule has 0 N–H and O–H groups in total. The van der Waals surface area contributed by atoms with E-state index in [-0.39, 0.29) is 29.6 Å². The Balaban J connectivity index is 0.00000200. The van der Waals surface area contributed by atoms with Gasteiger partial charge in [-0.3, -0.25) is 0 Å². The summed E-state index contributed by atoms with van der Waals surface area (Å²) in [5, 5.41) is 12.7. The molecule has 0 spiro atoms. The van der Waals surface area contributed by atoms with E-state index in [2.05, 4.69) is 0 Å². The second-order valence-electron chi connectivity index (χ2n) is 4.43. The number of aliphatic carboxylic acids is 1. The monoisotopic (exact) mass is 316 g/mol. The molecule has 0 heterocycles. The van der Waals surface area contributed by atoms with Crippen LogP contribution in [0.15, 0.2) is 48.5 Å². The number of carboxylic acid groups (broad SMARTS) is 1. The Labute approximate surface area is 150 Å². The van der Waals surface area contributed by atoms with Gasteiger partial charge in [-0.25, -0.2) is 0 Å². The number of carbonyl (C=O) groups is 1. The summed E-state index contributed by atoms with van der Waals surface area (Å²) in [6.45, 7) is 1.61. The van der Waals surface area contributed by atoms with Gasteiger partial charge in [-0.1, -0.05) is 47.5 Å². The second kappa shape index (κ2) is 6.97. The van der Waals surface area contributed by atoms with E-state index in [1.54, 1.807) is 55.5 Å². The Morgan fingerprint density at radius 1 is 0.900 bits per heavy atom. The van der Waals surface area contributed by atoms with Crippen LogP contribution in [0.2, 0.25) is 10.0 Å². The average molecular weight is 317 g/mol. The van der Waals surface area contributed by atoms with Crippen molar-refractivity contribution in [2.24, 2.45) is 0 Å². The first-order valence-corrected chi connectivity index (χ1v) is 6.43. The second-order valence-corrected chi connectivity index (χ2v) is 5.30. The summed E-state index contributed by atoms with van der Waals surface area (Å²) in [6, 6.07) is 13.4. The van der Waals surface area contributed by atoms with E-state index in [9.17, 15) is 9.90 Å². The van der Waals surface area contributed by atoms with Crippen molar-refractivity contribution < 1.29 is 39.5 Å². The van der Waals surface area contributed by atoms with Gasteiger partial charge >= 0.3 is 29.6 Å². The molecule has 20 heavy (non-hydrogen) atoms. The Bertz CT molecular complexity index is 549. The van der Waals surface area contributed by atoms with Crippen LogP contribution >= 0.6 is 23.2 Å². The van der Waals surface area contributed by atoms with E-state index in [0.717, 1.165) is 0 Å². The first-order valence-electron chi connectivity index (χ1n) is 5.68. The van der Waals surface area contributed by atoms with Gasteiger partial charge in [0.1, 0.15) is 0 Å². The van der Waals surface area contributed by atoms with Crippen LogP contribution in [0.25, 0.3) is 0 Å². The van der Waals surface area contributed by atoms with E-state index in [1.165, 1.54) is 0 Å². The number of hydrogen-bond donors (Lipinski definition) is 0. The van der Waals surface area contributed by atoms with E-state index < -0.39 is 11.4 Å². The van der Waals surface area contributed by atoms with Gasteiger partial charge in [-0.15, -0.1) is 0 Å². The number of halogens is 2. The van der Waals surface area contributed by atoms with Crippen LogP contribution in [0.4, 0.5) is 0 Å². The number of hydrogen-bond acceptors (Lipinski definition) is 2. The van der Waals surface area contributed by atoms with Gasteiger partial charge in [0.2, 0.25) is 0 Å². The van der Waals surface area contributed by atoms with Crippen LogP contribution in [0, 0.1) is 0 Å². The third kappa shape index (κ3) is 3.38. The zero-order valence-corrected chi connectivity index (χ0v) is 14.7. The zero-order chi connectivity index (χ0) is 14.0. The van der Waals surface area contributed by atoms with E-state index in [0.29, 0.717) is 21.2 Å². The summed E-state index contributed by atoms with van der Waals surface area (Å²) in [5.74, 6) is -1.17. The average Bonchev–Trinajstić information content (AvgIpc) is 2.39. The van der Waals surface area contributed by atoms with Gasteiger partial charge in [0.25, 0.3) is 0 Å². The molecule has 0 aliphatic carbocycles. The van der Waals surface area contributed by atoms with Crippen LogP contribution in [0.1, 0.15) is 18.1 Å². The summed E-state index contributed by atoms with van der Waals surface area (Å²) in [5.41, 5.74) is -0.0201. The SMILES string of the molecule is CC(C(=O)[O-])(c1ccc(Cl)cc1)c1ccc(Cl)cc1.[Na+]. The van der Waals surface area contributed by atoms with Gasteiger partial charge in [-0.05, 0) is 42.3 Å². The van der Waals surface area contributed by atoms with Crippen LogP contribution in [0.3, 0.4) is 0 Å². The number of carbonyl (C=O) groups excluding carboxylic acids is 1. The molecule has 0 saturated heterocycles. The summed E-state index contributed by atoms with van der Waals surface area (Å²) in [7, 11) is 0. The van der Waals surface area contributed by atoms with Crippen molar-refractivity contribution in [1.29, 1.82) is 0 Å². The van der Waals surface area contributed by atoms with Crippen molar-refractivity contribution in [3.63, 3.8) is 0 Å². The van der Waals surface area contributed by atoms with E-state index in [1.807, 2.05) is 0 Å². The first kappa shape index (κ1) is 17.5. The van der Waals surface area contributed by atoms with Crippen molar-refractivity contribution in [3.05, 3.63) is 69.7 Å². The minimum atomic E-state index is -1.24. The normalized spacial score (nSPS) is 10.8. The molecular formula is C15H11Cl2NaO2. The van der Waals surface area contributed by atoms with Crippen LogP contribution in [-0.4, -0.2) is 5.97 Å². The Kier molecular flexibility index (Phi) is 6.11. The fraction of sp³-hybridized carbons (Fsp3) is 0.133. The Morgan fingerprint density at radius 2 is 1.20 bits per heavy atom. The first-order chi connectivity index (χ1) is 8.94. The molecule has 2 aromatic carbocycles. The minimum Gasteiger partial charge on any atom is -0.549 e. The molecule has 2 rings (SSSR count). The van der Waals surface area contributed by atoms with E-state index in [4.69, 9.17) is 23.2 Å². The summed E-state index contributed by atoms with van der Waals surface area (Å²) in [4.78, 5) is 11.6. The maximum Gasteiger partial charge on any atom is 1.00 e. The predicted molar refractivity (Wildman–Crippen MR) is 74.4 cm³/mol. The maximum absolute atomic E-state index is 11.6. The van der Waals surface area contributed by atoms with Gasteiger partial charge in [0, 0.05) is 10.0 Å². The standard InChI is InChI=1S/C15H12Cl2O2.Na/c1-15(14(18)19,10-2-6-12(16)7-3-10)11-4-8-13(17)9-5-11;/h2-9H,1H3,(H,18,19);/q;+1/p-1. The molecule has 2 aromatic rings. The predicted octanol–water partition coefficient (Wildman–Crippen LogP) is 0.0533. The molecule has 0 atom stereocenters. The summed E-state index contributed by atoms with van der Waals surface area (Å²) < 4.78 is 0. The molecule has 0 radical (unpaired) electrons. The molecule has 0 bridgehead atoms. The largest absolute Gasteiger partial charge is 1.00 e. The van der Waals surface area contributed by atoms with Gasteiger partial charge in [-0.2, -0.15) is 0 Å². The van der Waals surface area contributed by atoms with Crippen molar-refractivity contribution in [1.82, 2.24) is 0 Å². The maximum atomic E-state index is 11.6. The molecule has 0 unspecified atom stereocenters. The topological polar surface area (TPSA) is 40.1 Å². The van der Waals surface area contributed by atoms with Crippen molar-refractivity contribution in [2.75, 3.05) is 0 Å². The molecule has 0 aliphatic heterocycles. The molecular weight excluding hydrogens is 306 g/mol. The molecule has 0 aromatic heterocycles. The fourth-order valence-electron chi connectivity index (χ4n) is 1.97. The molecule has 0 saturated carbocycles. The molecule has 0 amide bonds. The quantitative estimate of drug-likeness (QED) is 0.751. The minimum absolute atomic E-state index is 0. The zero-order valence-electron chi connectivity index (χ0n) is 11.2. The van der Waals surface area contributed by atoms with Crippen molar-refractivity contribution in [3.8, 4) is 0 Å². The summed E-state index contributed by atoms with van der Waals surface area (Å²) in [6.07, 6.45) is 0. The molecule has 5 heteroatoms. The fourth-order valence-corrected chi connectivity index (χ4v) is 2.22. The third-order valence-electron chi connectivity index (χ3n) is 3.25. The Hall–Kier alpha value is -0.510. The van der Waals surface area contributed by atoms with Gasteiger partial charge in [0.05, 0.1) is 11.4 Å². The smallest absolute Gasteiger partial charge is 0.549 e. The van der Waals surface area contributed by atoms with Gasteiger partial charge < -0.3 is 9.90 Å². The molecule has 98 valence electrons. The van der Waals surface area contributed by atoms with Crippen molar-refractivity contribution in [2.45, 2.75) is 12.3 Å². The summed E-state index contributed by atoms with van der Waals surface area (Å²) >= 11 is 11.7. The van der Waals surface area contributed by atoms with Crippen LogP contribution < -0.4 is 34.7 Å². The van der Waals surface area contributed by atoms with Crippen LogP contribution in [0.5, 0.6) is 0 Å².